The molecule has 0 heterocycles. The van der Waals surface area contributed by atoms with Crippen LogP contribution in [0.25, 0.3) is 0 Å². The number of ether oxygens (including phenoxy) is 3. The minimum atomic E-state index is -1.38. The Hall–Kier alpha value is -2.10. The molecule has 0 bridgehead atoms. The molecule has 0 aliphatic carbocycles. The Morgan fingerprint density at radius 2 is 1.93 bits per heavy atom. The van der Waals surface area contributed by atoms with Crippen LogP contribution in [0.2, 0.25) is 0 Å². The molecule has 2 unspecified atom stereocenters. The summed E-state index contributed by atoms with van der Waals surface area (Å²) in [6.45, 7) is 4.39. The summed E-state index contributed by atoms with van der Waals surface area (Å²) in [5.41, 5.74) is 5.87. The van der Waals surface area contributed by atoms with Gasteiger partial charge in [0, 0.05) is 5.75 Å². The third-order valence-corrected chi connectivity index (χ3v) is 4.58. The summed E-state index contributed by atoms with van der Waals surface area (Å²) >= 11 is 1.04. The molecule has 1 aromatic carbocycles. The number of rotatable bonds is 11. The summed E-state index contributed by atoms with van der Waals surface area (Å²) in [6.07, 6.45) is -0.827. The van der Waals surface area contributed by atoms with Crippen molar-refractivity contribution in [2.24, 2.45) is 11.1 Å². The van der Waals surface area contributed by atoms with Crippen molar-refractivity contribution in [3.63, 3.8) is 0 Å². The van der Waals surface area contributed by atoms with Crippen molar-refractivity contribution < 1.29 is 28.9 Å². The van der Waals surface area contributed by atoms with Gasteiger partial charge in [-0.25, -0.2) is 4.79 Å². The lowest BCUT2D eigenvalue weighted by Gasteiger charge is -2.25. The molecule has 4 N–H and O–H groups in total. The summed E-state index contributed by atoms with van der Waals surface area (Å²) in [5.74, 6) is -1.00. The van der Waals surface area contributed by atoms with Crippen LogP contribution in [0.15, 0.2) is 24.3 Å². The van der Waals surface area contributed by atoms with E-state index in [1.165, 1.54) is 6.92 Å². The number of nitrogens with one attached hydrogen (secondary N) is 1. The molecule has 28 heavy (non-hydrogen) atoms. The van der Waals surface area contributed by atoms with E-state index in [0.717, 1.165) is 22.9 Å². The van der Waals surface area contributed by atoms with Gasteiger partial charge in [0.05, 0.1) is 13.2 Å². The fraction of sp³-hybridized carbons (Fsp3) is 0.526. The lowest BCUT2D eigenvalue weighted by atomic mass is 9.93. The molecule has 2 atom stereocenters. The van der Waals surface area contributed by atoms with Crippen LogP contribution in [0.5, 0.6) is 0 Å². The molecule has 0 aliphatic heterocycles. The van der Waals surface area contributed by atoms with E-state index in [-0.39, 0.29) is 25.0 Å². The second kappa shape index (κ2) is 11.7. The summed E-state index contributed by atoms with van der Waals surface area (Å²) < 4.78 is 15.7. The van der Waals surface area contributed by atoms with Crippen molar-refractivity contribution in [3.05, 3.63) is 35.4 Å². The number of thioether (sulfide) groups is 1. The van der Waals surface area contributed by atoms with Gasteiger partial charge in [-0.1, -0.05) is 41.6 Å². The maximum atomic E-state index is 12.2. The highest BCUT2D eigenvalue weighted by Gasteiger charge is 2.36. The van der Waals surface area contributed by atoms with Gasteiger partial charge in [-0.05, 0) is 26.3 Å². The van der Waals surface area contributed by atoms with Gasteiger partial charge in [-0.2, -0.15) is 0 Å². The average Bonchev–Trinajstić information content (AvgIpc) is 2.68. The highest BCUT2D eigenvalue weighted by molar-refractivity contribution is 8.13. The first-order chi connectivity index (χ1) is 13.2. The first-order valence-corrected chi connectivity index (χ1v) is 9.75. The van der Waals surface area contributed by atoms with Gasteiger partial charge >= 0.3 is 11.9 Å². The highest BCUT2D eigenvalue weighted by atomic mass is 32.2. The molecule has 0 aromatic heterocycles. The second-order valence-corrected chi connectivity index (χ2v) is 7.75. The summed E-state index contributed by atoms with van der Waals surface area (Å²) in [4.78, 5) is 24.3. The largest absolute Gasteiger partial charge is 0.464 e. The molecule has 0 spiro atoms. The minimum Gasteiger partial charge on any atom is -0.464 e. The van der Waals surface area contributed by atoms with Crippen LogP contribution in [-0.4, -0.2) is 53.9 Å². The van der Waals surface area contributed by atoms with Crippen LogP contribution >= 0.6 is 11.8 Å². The second-order valence-electron chi connectivity index (χ2n) is 6.61. The number of aliphatic hydroxyl groups excluding tert-OH is 1. The smallest absolute Gasteiger partial charge is 0.335 e. The Labute approximate surface area is 169 Å². The number of amidine groups is 1. The zero-order valence-corrected chi connectivity index (χ0v) is 17.2. The van der Waals surface area contributed by atoms with Crippen LogP contribution in [-0.2, 0) is 30.4 Å². The van der Waals surface area contributed by atoms with Crippen molar-refractivity contribution in [2.75, 3.05) is 25.6 Å². The van der Waals surface area contributed by atoms with Crippen LogP contribution in [0.1, 0.15) is 25.0 Å². The van der Waals surface area contributed by atoms with E-state index in [1.54, 1.807) is 6.92 Å². The molecule has 9 heteroatoms. The van der Waals surface area contributed by atoms with E-state index in [2.05, 4.69) is 0 Å². The number of hydrogen-bond donors (Lipinski definition) is 3. The number of benzene rings is 1. The number of carbonyl (C=O) groups excluding carboxylic acids is 2. The van der Waals surface area contributed by atoms with E-state index in [0.29, 0.717) is 5.75 Å². The normalized spacial score (nSPS) is 14.0. The molecule has 0 aliphatic rings. The molecule has 0 saturated carbocycles. The Morgan fingerprint density at radius 1 is 1.29 bits per heavy atom. The zero-order valence-electron chi connectivity index (χ0n) is 16.4. The van der Waals surface area contributed by atoms with Crippen LogP contribution in [0.4, 0.5) is 0 Å². The maximum Gasteiger partial charge on any atom is 0.335 e. The van der Waals surface area contributed by atoms with Crippen molar-refractivity contribution in [1.82, 2.24) is 0 Å². The van der Waals surface area contributed by atoms with E-state index < -0.39 is 30.1 Å². The van der Waals surface area contributed by atoms with Gasteiger partial charge < -0.3 is 25.1 Å². The molecule has 0 radical (unpaired) electrons. The molecule has 0 saturated heterocycles. The molecule has 0 amide bonds. The standard InChI is InChI=1S/C19H28N2O6S/c1-13-4-6-15(7-5-13)10-26-14(2)16(23)27-12-19(3,11-22)17(24)25-8-9-28-18(20)21/h4-7,14,22H,8-12H2,1-3H3,(H3,20,21). The van der Waals surface area contributed by atoms with Gasteiger partial charge in [0.2, 0.25) is 0 Å². The molecular formula is C19H28N2O6S. The number of carbonyl (C=O) groups is 2. The van der Waals surface area contributed by atoms with Crippen LogP contribution in [0.3, 0.4) is 0 Å². The van der Waals surface area contributed by atoms with Crippen molar-refractivity contribution in [3.8, 4) is 0 Å². The van der Waals surface area contributed by atoms with Crippen molar-refractivity contribution in [1.29, 1.82) is 5.41 Å². The fourth-order valence-electron chi connectivity index (χ4n) is 1.95. The predicted molar refractivity (Wildman–Crippen MR) is 107 cm³/mol. The predicted octanol–water partition coefficient (Wildman–Crippen LogP) is 1.61. The fourth-order valence-corrected chi connectivity index (χ4v) is 2.34. The van der Waals surface area contributed by atoms with Gasteiger partial charge in [0.1, 0.15) is 18.6 Å². The van der Waals surface area contributed by atoms with Gasteiger partial charge in [0.25, 0.3) is 0 Å². The highest BCUT2D eigenvalue weighted by Crippen LogP contribution is 2.19. The van der Waals surface area contributed by atoms with Gasteiger partial charge in [0.15, 0.2) is 11.3 Å². The summed E-state index contributed by atoms with van der Waals surface area (Å²) in [6, 6.07) is 7.73. The van der Waals surface area contributed by atoms with Crippen LogP contribution < -0.4 is 5.73 Å². The number of hydrogen-bond acceptors (Lipinski definition) is 8. The molecule has 8 nitrogen and oxygen atoms in total. The third kappa shape index (κ3) is 8.28. The quantitative estimate of drug-likeness (QED) is 0.216. The van der Waals surface area contributed by atoms with E-state index in [9.17, 15) is 14.7 Å². The van der Waals surface area contributed by atoms with Crippen LogP contribution in [0, 0.1) is 17.7 Å². The first-order valence-electron chi connectivity index (χ1n) is 8.76. The summed E-state index contributed by atoms with van der Waals surface area (Å²) in [7, 11) is 0. The Kier molecular flexibility index (Phi) is 9.98. The molecule has 1 rings (SSSR count). The van der Waals surface area contributed by atoms with E-state index >= 15 is 0 Å². The third-order valence-electron chi connectivity index (χ3n) is 3.90. The average molecular weight is 413 g/mol. The molecule has 156 valence electrons. The lowest BCUT2D eigenvalue weighted by Crippen LogP contribution is -2.40. The summed E-state index contributed by atoms with van der Waals surface area (Å²) in [5, 5.41) is 16.6. The maximum absolute atomic E-state index is 12.2. The van der Waals surface area contributed by atoms with E-state index in [4.69, 9.17) is 25.4 Å². The van der Waals surface area contributed by atoms with Crippen molar-refractivity contribution in [2.45, 2.75) is 33.5 Å². The molecule has 1 aromatic rings. The Morgan fingerprint density at radius 3 is 2.50 bits per heavy atom. The number of nitrogens with two attached hydrogens (primary N) is 1. The number of esters is 2. The topological polar surface area (TPSA) is 132 Å². The first kappa shape index (κ1) is 23.9. The molecular weight excluding hydrogens is 384 g/mol. The SMILES string of the molecule is Cc1ccc(COC(C)C(=O)OCC(C)(CO)C(=O)OCCSC(=N)N)cc1. The number of aliphatic hydroxyl groups is 1. The van der Waals surface area contributed by atoms with Gasteiger partial charge in [-0.15, -0.1) is 0 Å². The minimum absolute atomic E-state index is 0.0304. The van der Waals surface area contributed by atoms with Gasteiger partial charge in [-0.3, -0.25) is 10.2 Å². The molecule has 0 fully saturated rings. The Bertz CT molecular complexity index is 667. The lowest BCUT2D eigenvalue weighted by molar-refractivity contribution is -0.170. The van der Waals surface area contributed by atoms with Crippen molar-refractivity contribution >= 4 is 28.9 Å². The zero-order chi connectivity index (χ0) is 21.2. The number of aryl methyl sites for hydroxylation is 1. The van der Waals surface area contributed by atoms with E-state index in [1.807, 2.05) is 31.2 Å². The monoisotopic (exact) mass is 412 g/mol. The Balaban J connectivity index is 2.44.